The van der Waals surface area contributed by atoms with Gasteiger partial charge in [0.25, 0.3) is 0 Å². The van der Waals surface area contributed by atoms with E-state index in [0.29, 0.717) is 11.8 Å². The lowest BCUT2D eigenvalue weighted by atomic mass is 9.49. The fourth-order valence-corrected chi connectivity index (χ4v) is 5.82. The van der Waals surface area contributed by atoms with E-state index in [9.17, 15) is 9.59 Å². The molecule has 1 aromatic heterocycles. The van der Waals surface area contributed by atoms with E-state index in [4.69, 9.17) is 4.52 Å². The molecule has 0 saturated heterocycles. The Morgan fingerprint density at radius 3 is 2.31 bits per heavy atom. The molecule has 5 aliphatic carbocycles. The van der Waals surface area contributed by atoms with Crippen molar-refractivity contribution in [3.05, 3.63) is 11.7 Å². The number of nitrogens with one attached hydrogen (secondary N) is 2. The highest BCUT2D eigenvalue weighted by atomic mass is 16.5. The molecule has 6 rings (SSSR count). The molecule has 1 heterocycles. The van der Waals surface area contributed by atoms with E-state index >= 15 is 0 Å². The minimum atomic E-state index is -0.214. The quantitative estimate of drug-likeness (QED) is 0.809. The number of amides is 2. The summed E-state index contributed by atoms with van der Waals surface area (Å²) in [5.74, 6) is 3.63. The first kappa shape index (κ1) is 16.3. The van der Waals surface area contributed by atoms with Crippen LogP contribution in [0.15, 0.2) is 4.52 Å². The van der Waals surface area contributed by atoms with Gasteiger partial charge in [-0.2, -0.15) is 4.98 Å². The molecule has 5 saturated carbocycles. The number of carbonyl (C=O) groups is 2. The van der Waals surface area contributed by atoms with Crippen molar-refractivity contribution in [2.24, 2.45) is 23.2 Å². The Balaban J connectivity index is 1.11. The van der Waals surface area contributed by atoms with Crippen LogP contribution in [-0.2, 0) is 16.1 Å². The fraction of sp³-hybridized carbons (Fsp3) is 0.789. The maximum Gasteiger partial charge on any atom is 0.246 e. The van der Waals surface area contributed by atoms with E-state index in [1.165, 1.54) is 19.3 Å². The van der Waals surface area contributed by atoms with Gasteiger partial charge in [-0.25, -0.2) is 0 Å². The Labute approximate surface area is 152 Å². The van der Waals surface area contributed by atoms with Crippen LogP contribution in [0.5, 0.6) is 0 Å². The molecule has 0 aromatic carbocycles. The van der Waals surface area contributed by atoms with E-state index in [-0.39, 0.29) is 30.3 Å². The summed E-state index contributed by atoms with van der Waals surface area (Å²) < 4.78 is 5.14. The van der Waals surface area contributed by atoms with Crippen molar-refractivity contribution in [3.63, 3.8) is 0 Å². The second kappa shape index (κ2) is 6.06. The zero-order chi connectivity index (χ0) is 17.7. The SMILES string of the molecule is O=C(CNC(=O)C12CC3CC(CC(C3)C1)C2)NCc1nc(C2CC2)no1. The zero-order valence-electron chi connectivity index (χ0n) is 15.0. The number of hydrogen-bond acceptors (Lipinski definition) is 5. The minimum absolute atomic E-state index is 0.0181. The van der Waals surface area contributed by atoms with Crippen LogP contribution < -0.4 is 10.6 Å². The van der Waals surface area contributed by atoms with Gasteiger partial charge in [-0.05, 0) is 69.1 Å². The first-order valence-electron chi connectivity index (χ1n) is 9.97. The van der Waals surface area contributed by atoms with Gasteiger partial charge in [-0.1, -0.05) is 5.16 Å². The third-order valence-corrected chi connectivity index (χ3v) is 6.79. The van der Waals surface area contributed by atoms with Gasteiger partial charge in [-0.15, -0.1) is 0 Å². The van der Waals surface area contributed by atoms with Crippen LogP contribution in [0.3, 0.4) is 0 Å². The lowest BCUT2D eigenvalue weighted by molar-refractivity contribution is -0.147. The van der Waals surface area contributed by atoms with Crippen molar-refractivity contribution < 1.29 is 14.1 Å². The lowest BCUT2D eigenvalue weighted by Crippen LogP contribution is -2.54. The summed E-state index contributed by atoms with van der Waals surface area (Å²) in [6, 6.07) is 0. The van der Waals surface area contributed by atoms with Gasteiger partial charge in [0.15, 0.2) is 5.82 Å². The van der Waals surface area contributed by atoms with Crippen LogP contribution in [0.25, 0.3) is 0 Å². The highest BCUT2D eigenvalue weighted by Gasteiger charge is 2.54. The molecule has 7 heteroatoms. The summed E-state index contributed by atoms with van der Waals surface area (Å²) in [4.78, 5) is 29.2. The molecule has 5 fully saturated rings. The number of nitrogens with zero attached hydrogens (tertiary/aromatic N) is 2. The number of carbonyl (C=O) groups excluding carboxylic acids is 2. The molecule has 140 valence electrons. The molecule has 0 radical (unpaired) electrons. The van der Waals surface area contributed by atoms with Gasteiger partial charge in [0.05, 0.1) is 13.1 Å². The first-order valence-corrected chi connectivity index (χ1v) is 9.97. The normalized spacial score (nSPS) is 34.7. The number of aromatic nitrogens is 2. The molecule has 1 aromatic rings. The molecular formula is C19H26N4O3. The molecular weight excluding hydrogens is 332 g/mol. The predicted molar refractivity (Wildman–Crippen MR) is 91.7 cm³/mol. The van der Waals surface area contributed by atoms with Crippen LogP contribution in [0.4, 0.5) is 0 Å². The molecule has 2 amide bonds. The summed E-state index contributed by atoms with van der Waals surface area (Å²) in [7, 11) is 0. The average Bonchev–Trinajstić information content (AvgIpc) is 3.35. The Morgan fingerprint density at radius 2 is 1.69 bits per heavy atom. The van der Waals surface area contributed by atoms with Gasteiger partial charge < -0.3 is 15.2 Å². The van der Waals surface area contributed by atoms with Crippen LogP contribution in [0.2, 0.25) is 0 Å². The van der Waals surface area contributed by atoms with Crippen molar-refractivity contribution in [2.45, 2.75) is 63.8 Å². The summed E-state index contributed by atoms with van der Waals surface area (Å²) in [6.45, 7) is 0.232. The van der Waals surface area contributed by atoms with E-state index in [1.54, 1.807) is 0 Å². The second-order valence-corrected chi connectivity index (χ2v) is 8.98. The summed E-state index contributed by atoms with van der Waals surface area (Å²) in [6.07, 6.45) is 9.18. The van der Waals surface area contributed by atoms with Crippen LogP contribution >= 0.6 is 0 Å². The lowest BCUT2D eigenvalue weighted by Gasteiger charge is -2.55. The summed E-state index contributed by atoms with van der Waals surface area (Å²) in [5, 5.41) is 9.57. The van der Waals surface area contributed by atoms with Gasteiger partial charge in [-0.3, -0.25) is 9.59 Å². The fourth-order valence-electron chi connectivity index (χ4n) is 5.82. The topological polar surface area (TPSA) is 97.1 Å². The third-order valence-electron chi connectivity index (χ3n) is 6.79. The van der Waals surface area contributed by atoms with Gasteiger partial charge in [0.2, 0.25) is 17.7 Å². The molecule has 0 atom stereocenters. The highest BCUT2D eigenvalue weighted by molar-refractivity contribution is 5.88. The molecule has 26 heavy (non-hydrogen) atoms. The van der Waals surface area contributed by atoms with E-state index < -0.39 is 0 Å². The van der Waals surface area contributed by atoms with Crippen LogP contribution in [0, 0.1) is 23.2 Å². The summed E-state index contributed by atoms with van der Waals surface area (Å²) >= 11 is 0. The van der Waals surface area contributed by atoms with Crippen LogP contribution in [-0.4, -0.2) is 28.5 Å². The number of rotatable bonds is 6. The summed E-state index contributed by atoms with van der Waals surface area (Å²) in [5.41, 5.74) is -0.208. The van der Waals surface area contributed by atoms with E-state index in [0.717, 1.165) is 55.7 Å². The maximum atomic E-state index is 12.8. The average molecular weight is 358 g/mol. The Morgan fingerprint density at radius 1 is 1.04 bits per heavy atom. The van der Waals surface area contributed by atoms with Crippen molar-refractivity contribution in [2.75, 3.05) is 6.54 Å². The van der Waals surface area contributed by atoms with Gasteiger partial charge in [0.1, 0.15) is 0 Å². The monoisotopic (exact) mass is 358 g/mol. The van der Waals surface area contributed by atoms with Crippen molar-refractivity contribution >= 4 is 11.8 Å². The van der Waals surface area contributed by atoms with E-state index in [2.05, 4.69) is 20.8 Å². The van der Waals surface area contributed by atoms with Crippen LogP contribution in [0.1, 0.15) is 69.0 Å². The molecule has 2 N–H and O–H groups in total. The molecule has 0 spiro atoms. The van der Waals surface area contributed by atoms with Crippen molar-refractivity contribution in [3.8, 4) is 0 Å². The minimum Gasteiger partial charge on any atom is -0.347 e. The second-order valence-electron chi connectivity index (χ2n) is 8.98. The van der Waals surface area contributed by atoms with Gasteiger partial charge in [0, 0.05) is 11.3 Å². The molecule has 5 aliphatic rings. The smallest absolute Gasteiger partial charge is 0.246 e. The standard InChI is InChI=1S/C19H26N4O3/c24-15(20-10-16-22-17(23-26-16)14-1-2-14)9-21-18(25)19-6-11-3-12(7-19)5-13(4-11)8-19/h11-14H,1-10H2,(H,20,24)(H,21,25). The largest absolute Gasteiger partial charge is 0.347 e. The van der Waals surface area contributed by atoms with E-state index in [1.807, 2.05) is 0 Å². The first-order chi connectivity index (χ1) is 12.6. The maximum absolute atomic E-state index is 12.8. The molecule has 0 aliphatic heterocycles. The Kier molecular flexibility index (Phi) is 3.79. The predicted octanol–water partition coefficient (Wildman–Crippen LogP) is 1.90. The Bertz CT molecular complexity index is 689. The van der Waals surface area contributed by atoms with Gasteiger partial charge >= 0.3 is 0 Å². The van der Waals surface area contributed by atoms with Crippen molar-refractivity contribution in [1.29, 1.82) is 0 Å². The molecule has 4 bridgehead atoms. The Hall–Kier alpha value is -1.92. The molecule has 0 unspecified atom stereocenters. The zero-order valence-corrected chi connectivity index (χ0v) is 15.0. The molecule has 7 nitrogen and oxygen atoms in total. The highest BCUT2D eigenvalue weighted by Crippen LogP contribution is 2.60. The van der Waals surface area contributed by atoms with Crippen molar-refractivity contribution in [1.82, 2.24) is 20.8 Å². The number of hydrogen-bond donors (Lipinski definition) is 2. The third kappa shape index (κ3) is 3.01.